The van der Waals surface area contributed by atoms with Gasteiger partial charge in [0.25, 0.3) is 0 Å². The molecular formula is C17H20N2O2S. The van der Waals surface area contributed by atoms with E-state index >= 15 is 0 Å². The van der Waals surface area contributed by atoms with E-state index in [9.17, 15) is 4.79 Å². The number of hydrogen-bond acceptors (Lipinski definition) is 3. The molecule has 116 valence electrons. The highest BCUT2D eigenvalue weighted by Gasteiger charge is 2.21. The smallest absolute Gasteiger partial charge is 0.315 e. The summed E-state index contributed by atoms with van der Waals surface area (Å²) in [5, 5.41) is 18.3. The first kappa shape index (κ1) is 15.1. The molecule has 1 unspecified atom stereocenters. The molecular weight excluding hydrogens is 296 g/mol. The summed E-state index contributed by atoms with van der Waals surface area (Å²) in [4.78, 5) is 12.1. The van der Waals surface area contributed by atoms with E-state index in [4.69, 9.17) is 5.11 Å². The Balaban J connectivity index is 1.61. The first-order valence-corrected chi connectivity index (χ1v) is 8.37. The van der Waals surface area contributed by atoms with E-state index in [1.807, 2.05) is 31.2 Å². The largest absolute Gasteiger partial charge is 0.396 e. The third kappa shape index (κ3) is 3.15. The maximum atomic E-state index is 12.1. The second-order valence-corrected chi connectivity index (χ2v) is 6.61. The Hall–Kier alpha value is -1.85. The molecule has 0 spiro atoms. The van der Waals surface area contributed by atoms with Crippen LogP contribution in [-0.4, -0.2) is 23.8 Å². The Morgan fingerprint density at radius 3 is 3.00 bits per heavy atom. The number of urea groups is 1. The molecule has 3 rings (SSSR count). The lowest BCUT2D eigenvalue weighted by Crippen LogP contribution is -2.41. The zero-order chi connectivity index (χ0) is 15.5. The van der Waals surface area contributed by atoms with Crippen LogP contribution in [0.4, 0.5) is 4.79 Å². The molecule has 0 radical (unpaired) electrons. The van der Waals surface area contributed by atoms with Gasteiger partial charge in [0, 0.05) is 23.3 Å². The zero-order valence-corrected chi connectivity index (χ0v) is 13.3. The molecule has 1 aromatic heterocycles. The lowest BCUT2D eigenvalue weighted by molar-refractivity contribution is 0.229. The number of aliphatic hydroxyl groups is 1. The minimum atomic E-state index is -0.170. The molecule has 1 aliphatic rings. The molecule has 22 heavy (non-hydrogen) atoms. The Morgan fingerprint density at radius 1 is 1.41 bits per heavy atom. The van der Waals surface area contributed by atoms with E-state index in [2.05, 4.69) is 28.1 Å². The Morgan fingerprint density at radius 2 is 2.23 bits per heavy atom. The molecule has 0 saturated heterocycles. The third-order valence-corrected chi connectivity index (χ3v) is 5.03. The van der Waals surface area contributed by atoms with E-state index in [1.54, 1.807) is 11.3 Å². The summed E-state index contributed by atoms with van der Waals surface area (Å²) >= 11 is 1.69. The van der Waals surface area contributed by atoms with E-state index in [0.717, 1.165) is 12.0 Å². The van der Waals surface area contributed by atoms with Crippen molar-refractivity contribution in [3.8, 4) is 0 Å². The molecule has 1 aliphatic carbocycles. The van der Waals surface area contributed by atoms with Crippen LogP contribution in [0.3, 0.4) is 0 Å². The molecule has 2 aromatic rings. The number of aliphatic hydroxyl groups excluding tert-OH is 1. The molecule has 0 aliphatic heterocycles. The van der Waals surface area contributed by atoms with Gasteiger partial charge < -0.3 is 15.7 Å². The van der Waals surface area contributed by atoms with Crippen LogP contribution in [-0.2, 0) is 0 Å². The van der Waals surface area contributed by atoms with Crippen LogP contribution in [0.5, 0.6) is 0 Å². The molecule has 0 bridgehead atoms. The number of carbonyl (C=O) groups is 1. The van der Waals surface area contributed by atoms with E-state index in [1.165, 1.54) is 10.1 Å². The number of hydrogen-bond donors (Lipinski definition) is 3. The maximum absolute atomic E-state index is 12.1. The fraction of sp³-hybridized carbons (Fsp3) is 0.353. The van der Waals surface area contributed by atoms with Gasteiger partial charge in [-0.05, 0) is 35.7 Å². The first-order chi connectivity index (χ1) is 10.7. The molecule has 3 N–H and O–H groups in total. The second kappa shape index (κ2) is 6.50. The van der Waals surface area contributed by atoms with Gasteiger partial charge in [-0.15, -0.1) is 11.3 Å². The van der Waals surface area contributed by atoms with E-state index in [-0.39, 0.29) is 30.6 Å². The monoisotopic (exact) mass is 316 g/mol. The molecule has 0 fully saturated rings. The Bertz CT molecular complexity index is 695. The SMILES string of the molecule is CC(NC(=O)N[C@@H]1C=C[C@H](CO)C1)c1csc2ccccc12. The van der Waals surface area contributed by atoms with Crippen LogP contribution in [0.1, 0.15) is 24.9 Å². The predicted octanol–water partition coefficient (Wildman–Crippen LogP) is 3.20. The maximum Gasteiger partial charge on any atom is 0.315 e. The summed E-state index contributed by atoms with van der Waals surface area (Å²) in [5.74, 6) is 0.156. The summed E-state index contributed by atoms with van der Waals surface area (Å²) in [7, 11) is 0. The summed E-state index contributed by atoms with van der Waals surface area (Å²) in [5.41, 5.74) is 1.14. The predicted molar refractivity (Wildman–Crippen MR) is 90.0 cm³/mol. The standard InChI is InChI=1S/C17H20N2O2S/c1-11(15-10-22-16-5-3-2-4-14(15)16)18-17(21)19-13-7-6-12(8-13)9-20/h2-7,10-13,20H,8-9H2,1H3,(H2,18,19,21)/t11?,12-,13+/m0/s1. The van der Waals surface area contributed by atoms with Crippen LogP contribution in [0, 0.1) is 5.92 Å². The molecule has 2 amide bonds. The van der Waals surface area contributed by atoms with Crippen molar-refractivity contribution >= 4 is 27.5 Å². The van der Waals surface area contributed by atoms with Crippen molar-refractivity contribution in [1.29, 1.82) is 0 Å². The fourth-order valence-electron chi connectivity index (χ4n) is 2.84. The average molecular weight is 316 g/mol. The van der Waals surface area contributed by atoms with Gasteiger partial charge >= 0.3 is 6.03 Å². The first-order valence-electron chi connectivity index (χ1n) is 7.49. The lowest BCUT2D eigenvalue weighted by Gasteiger charge is -2.17. The fourth-order valence-corrected chi connectivity index (χ4v) is 3.89. The lowest BCUT2D eigenvalue weighted by atomic mass is 10.1. The van der Waals surface area contributed by atoms with Gasteiger partial charge in [-0.3, -0.25) is 0 Å². The van der Waals surface area contributed by atoms with Gasteiger partial charge in [0.05, 0.1) is 6.04 Å². The molecule has 1 heterocycles. The van der Waals surface area contributed by atoms with Crippen LogP contribution in [0.2, 0.25) is 0 Å². The van der Waals surface area contributed by atoms with Crippen molar-refractivity contribution < 1.29 is 9.90 Å². The van der Waals surface area contributed by atoms with Crippen LogP contribution in [0.15, 0.2) is 41.8 Å². The van der Waals surface area contributed by atoms with Gasteiger partial charge in [-0.1, -0.05) is 30.4 Å². The van der Waals surface area contributed by atoms with Crippen molar-refractivity contribution in [1.82, 2.24) is 10.6 Å². The summed E-state index contributed by atoms with van der Waals surface area (Å²) < 4.78 is 1.23. The third-order valence-electron chi connectivity index (χ3n) is 4.05. The molecule has 5 heteroatoms. The van der Waals surface area contributed by atoms with Crippen molar-refractivity contribution in [3.05, 3.63) is 47.4 Å². The van der Waals surface area contributed by atoms with Crippen molar-refractivity contribution in [3.63, 3.8) is 0 Å². The van der Waals surface area contributed by atoms with Crippen molar-refractivity contribution in [2.75, 3.05) is 6.61 Å². The van der Waals surface area contributed by atoms with Crippen LogP contribution >= 0.6 is 11.3 Å². The van der Waals surface area contributed by atoms with Crippen LogP contribution < -0.4 is 10.6 Å². The highest BCUT2D eigenvalue weighted by Crippen LogP contribution is 2.30. The number of amides is 2. The van der Waals surface area contributed by atoms with Crippen molar-refractivity contribution in [2.45, 2.75) is 25.4 Å². The van der Waals surface area contributed by atoms with E-state index in [0.29, 0.717) is 0 Å². The topological polar surface area (TPSA) is 61.4 Å². The van der Waals surface area contributed by atoms with Gasteiger partial charge in [-0.2, -0.15) is 0 Å². The highest BCUT2D eigenvalue weighted by atomic mass is 32.1. The number of benzene rings is 1. The summed E-state index contributed by atoms with van der Waals surface area (Å²) in [6.07, 6.45) is 4.67. The van der Waals surface area contributed by atoms with Gasteiger partial charge in [0.15, 0.2) is 0 Å². The molecule has 1 aromatic carbocycles. The van der Waals surface area contributed by atoms with Crippen LogP contribution in [0.25, 0.3) is 10.1 Å². The number of thiophene rings is 1. The number of nitrogens with one attached hydrogen (secondary N) is 2. The molecule has 0 saturated carbocycles. The molecule has 4 nitrogen and oxygen atoms in total. The number of fused-ring (bicyclic) bond motifs is 1. The Kier molecular flexibility index (Phi) is 4.45. The van der Waals surface area contributed by atoms with Gasteiger partial charge in [0.1, 0.15) is 0 Å². The molecule has 3 atom stereocenters. The van der Waals surface area contributed by atoms with E-state index < -0.39 is 0 Å². The number of rotatable bonds is 4. The van der Waals surface area contributed by atoms with Gasteiger partial charge in [0.2, 0.25) is 0 Å². The quantitative estimate of drug-likeness (QED) is 0.759. The highest BCUT2D eigenvalue weighted by molar-refractivity contribution is 7.17. The minimum absolute atomic E-state index is 0.00330. The second-order valence-electron chi connectivity index (χ2n) is 5.70. The van der Waals surface area contributed by atoms with Gasteiger partial charge in [-0.25, -0.2) is 4.79 Å². The summed E-state index contributed by atoms with van der Waals surface area (Å²) in [6, 6.07) is 8.01. The Labute approximate surface area is 133 Å². The van der Waals surface area contributed by atoms with Crippen molar-refractivity contribution in [2.24, 2.45) is 5.92 Å². The number of carbonyl (C=O) groups excluding carboxylic acids is 1. The zero-order valence-electron chi connectivity index (χ0n) is 12.5. The minimum Gasteiger partial charge on any atom is -0.396 e. The normalized spacial score (nSPS) is 21.9. The average Bonchev–Trinajstić information content (AvgIpc) is 3.13. The summed E-state index contributed by atoms with van der Waals surface area (Å²) in [6.45, 7) is 2.13.